The molecular formula is C17H36IN5O3S. The molecule has 0 spiro atoms. The number of aliphatic imine (C=N–C) groups is 1. The van der Waals surface area contributed by atoms with Crippen molar-refractivity contribution in [3.63, 3.8) is 0 Å². The van der Waals surface area contributed by atoms with Crippen molar-refractivity contribution in [2.24, 2.45) is 10.4 Å². The molecule has 0 aromatic rings. The van der Waals surface area contributed by atoms with Crippen LogP contribution in [0.25, 0.3) is 0 Å². The number of sulfonamides is 1. The Morgan fingerprint density at radius 1 is 1.11 bits per heavy atom. The molecule has 1 amide bonds. The van der Waals surface area contributed by atoms with E-state index in [-0.39, 0.29) is 41.1 Å². The first kappa shape index (κ1) is 26.4. The molecule has 160 valence electrons. The number of rotatable bonds is 10. The van der Waals surface area contributed by atoms with Crippen LogP contribution in [0.2, 0.25) is 0 Å². The molecule has 0 atom stereocenters. The SMILES string of the molecule is CCNC(=NCC1(C(=O)N(C)C)CCCC1)NCCCNS(=O)(=O)CC.I. The van der Waals surface area contributed by atoms with Crippen molar-refractivity contribution in [2.75, 3.05) is 46.0 Å². The largest absolute Gasteiger partial charge is 0.357 e. The van der Waals surface area contributed by atoms with Crippen LogP contribution in [0.15, 0.2) is 4.99 Å². The second-order valence-corrected chi connectivity index (χ2v) is 9.06. The Morgan fingerprint density at radius 2 is 1.74 bits per heavy atom. The quantitative estimate of drug-likeness (QED) is 0.175. The molecule has 1 rings (SSSR count). The van der Waals surface area contributed by atoms with Gasteiger partial charge in [0.05, 0.1) is 17.7 Å². The van der Waals surface area contributed by atoms with E-state index in [1.165, 1.54) is 0 Å². The van der Waals surface area contributed by atoms with Gasteiger partial charge in [0.15, 0.2) is 5.96 Å². The fraction of sp³-hybridized carbons (Fsp3) is 0.882. The number of carbonyl (C=O) groups is 1. The summed E-state index contributed by atoms with van der Waals surface area (Å²) in [6, 6.07) is 0. The lowest BCUT2D eigenvalue weighted by atomic mass is 9.85. The highest BCUT2D eigenvalue weighted by Gasteiger charge is 2.41. The van der Waals surface area contributed by atoms with Crippen molar-refractivity contribution in [3.05, 3.63) is 0 Å². The average molecular weight is 517 g/mol. The van der Waals surface area contributed by atoms with Crippen LogP contribution < -0.4 is 15.4 Å². The lowest BCUT2D eigenvalue weighted by molar-refractivity contribution is -0.138. The van der Waals surface area contributed by atoms with E-state index in [4.69, 9.17) is 0 Å². The zero-order valence-corrected chi connectivity index (χ0v) is 20.2. The molecule has 0 aromatic carbocycles. The van der Waals surface area contributed by atoms with E-state index in [2.05, 4.69) is 20.3 Å². The van der Waals surface area contributed by atoms with Gasteiger partial charge in [-0.3, -0.25) is 9.79 Å². The van der Waals surface area contributed by atoms with E-state index >= 15 is 0 Å². The lowest BCUT2D eigenvalue weighted by Gasteiger charge is -2.29. The molecule has 3 N–H and O–H groups in total. The molecule has 1 aliphatic rings. The highest BCUT2D eigenvalue weighted by molar-refractivity contribution is 14.0. The molecule has 27 heavy (non-hydrogen) atoms. The summed E-state index contributed by atoms with van der Waals surface area (Å²) >= 11 is 0. The summed E-state index contributed by atoms with van der Waals surface area (Å²) in [6.45, 7) is 5.80. The topological polar surface area (TPSA) is 103 Å². The zero-order valence-electron chi connectivity index (χ0n) is 17.0. The second kappa shape index (κ2) is 12.8. The van der Waals surface area contributed by atoms with Gasteiger partial charge in [0.2, 0.25) is 15.9 Å². The number of carbonyl (C=O) groups excluding carboxylic acids is 1. The van der Waals surface area contributed by atoms with Crippen molar-refractivity contribution in [3.8, 4) is 0 Å². The van der Waals surface area contributed by atoms with Crippen molar-refractivity contribution >= 4 is 45.9 Å². The van der Waals surface area contributed by atoms with Crippen molar-refractivity contribution in [1.29, 1.82) is 0 Å². The summed E-state index contributed by atoms with van der Waals surface area (Å²) in [4.78, 5) is 18.9. The number of hydrogen-bond acceptors (Lipinski definition) is 4. The lowest BCUT2D eigenvalue weighted by Crippen LogP contribution is -2.43. The van der Waals surface area contributed by atoms with Crippen molar-refractivity contribution < 1.29 is 13.2 Å². The highest BCUT2D eigenvalue weighted by Crippen LogP contribution is 2.39. The maximum atomic E-state index is 12.6. The molecule has 10 heteroatoms. The van der Waals surface area contributed by atoms with Crippen LogP contribution in [-0.4, -0.2) is 71.2 Å². The third kappa shape index (κ3) is 8.95. The van der Waals surface area contributed by atoms with Gasteiger partial charge in [-0.1, -0.05) is 12.8 Å². The van der Waals surface area contributed by atoms with Crippen LogP contribution >= 0.6 is 24.0 Å². The zero-order chi connectivity index (χ0) is 19.6. The maximum absolute atomic E-state index is 12.6. The van der Waals surface area contributed by atoms with Gasteiger partial charge >= 0.3 is 0 Å². The van der Waals surface area contributed by atoms with Crippen LogP contribution in [0.3, 0.4) is 0 Å². The second-order valence-electron chi connectivity index (χ2n) is 6.96. The van der Waals surface area contributed by atoms with E-state index in [1.807, 2.05) is 6.92 Å². The van der Waals surface area contributed by atoms with Crippen LogP contribution in [0.4, 0.5) is 0 Å². The first-order valence-electron chi connectivity index (χ1n) is 9.47. The van der Waals surface area contributed by atoms with Gasteiger partial charge in [-0.15, -0.1) is 24.0 Å². The number of guanidine groups is 1. The minimum absolute atomic E-state index is 0. The number of hydrogen-bond donors (Lipinski definition) is 3. The molecule has 1 aliphatic carbocycles. The van der Waals surface area contributed by atoms with Gasteiger partial charge in [-0.25, -0.2) is 13.1 Å². The van der Waals surface area contributed by atoms with Gasteiger partial charge in [0.1, 0.15) is 0 Å². The number of halogens is 1. The molecule has 0 bridgehead atoms. The Morgan fingerprint density at radius 3 is 2.26 bits per heavy atom. The number of nitrogens with one attached hydrogen (secondary N) is 3. The van der Waals surface area contributed by atoms with E-state index in [0.29, 0.717) is 32.0 Å². The van der Waals surface area contributed by atoms with Gasteiger partial charge < -0.3 is 15.5 Å². The Kier molecular flexibility index (Phi) is 12.5. The normalized spacial score (nSPS) is 16.5. The predicted octanol–water partition coefficient (Wildman–Crippen LogP) is 1.14. The first-order valence-corrected chi connectivity index (χ1v) is 11.1. The van der Waals surface area contributed by atoms with Crippen molar-refractivity contribution in [2.45, 2.75) is 46.0 Å². The predicted molar refractivity (Wildman–Crippen MR) is 121 cm³/mol. The minimum atomic E-state index is -3.14. The average Bonchev–Trinajstić information content (AvgIpc) is 3.08. The van der Waals surface area contributed by atoms with E-state index in [0.717, 1.165) is 32.2 Å². The Hall–Kier alpha value is -0.620. The Balaban J connectivity index is 0.00000676. The van der Waals surface area contributed by atoms with E-state index < -0.39 is 10.0 Å². The standard InChI is InChI=1S/C17H35N5O3S.HI/c1-5-18-16(19-12-9-13-21-26(24,25)6-2)20-14-17(10-7-8-11-17)15(23)22(3)4;/h21H,5-14H2,1-4H3,(H2,18,19,20);1H. The molecule has 0 heterocycles. The molecular weight excluding hydrogens is 481 g/mol. The fourth-order valence-corrected chi connectivity index (χ4v) is 3.82. The molecule has 0 unspecified atom stereocenters. The third-order valence-electron chi connectivity index (χ3n) is 4.65. The summed E-state index contributed by atoms with van der Waals surface area (Å²) in [5.41, 5.74) is -0.386. The number of amides is 1. The Bertz CT molecular complexity index is 575. The first-order chi connectivity index (χ1) is 12.3. The smallest absolute Gasteiger partial charge is 0.230 e. The monoisotopic (exact) mass is 517 g/mol. The number of nitrogens with zero attached hydrogens (tertiary/aromatic N) is 2. The molecule has 8 nitrogen and oxygen atoms in total. The van der Waals surface area contributed by atoms with Crippen LogP contribution in [0, 0.1) is 5.41 Å². The van der Waals surface area contributed by atoms with Gasteiger partial charge in [-0.2, -0.15) is 0 Å². The summed E-state index contributed by atoms with van der Waals surface area (Å²) < 4.78 is 25.3. The van der Waals surface area contributed by atoms with Gasteiger partial charge in [-0.05, 0) is 33.1 Å². The molecule has 0 aromatic heterocycles. The minimum Gasteiger partial charge on any atom is -0.357 e. The van der Waals surface area contributed by atoms with Crippen LogP contribution in [0.5, 0.6) is 0 Å². The van der Waals surface area contributed by atoms with E-state index in [9.17, 15) is 13.2 Å². The van der Waals surface area contributed by atoms with E-state index in [1.54, 1.807) is 25.9 Å². The third-order valence-corrected chi connectivity index (χ3v) is 6.06. The van der Waals surface area contributed by atoms with Gasteiger partial charge in [0, 0.05) is 33.7 Å². The van der Waals surface area contributed by atoms with Crippen LogP contribution in [0.1, 0.15) is 46.0 Å². The van der Waals surface area contributed by atoms with Gasteiger partial charge in [0.25, 0.3) is 0 Å². The summed E-state index contributed by atoms with van der Waals surface area (Å²) in [7, 11) is 0.454. The molecule has 0 saturated heterocycles. The molecule has 0 aliphatic heterocycles. The summed E-state index contributed by atoms with van der Waals surface area (Å²) in [6.07, 6.45) is 4.55. The fourth-order valence-electron chi connectivity index (χ4n) is 3.16. The van der Waals surface area contributed by atoms with Crippen molar-refractivity contribution in [1.82, 2.24) is 20.3 Å². The molecule has 1 saturated carbocycles. The molecule has 0 radical (unpaired) electrons. The highest BCUT2D eigenvalue weighted by atomic mass is 127. The maximum Gasteiger partial charge on any atom is 0.230 e. The Labute approximate surface area is 181 Å². The summed E-state index contributed by atoms with van der Waals surface area (Å²) in [5.74, 6) is 0.916. The summed E-state index contributed by atoms with van der Waals surface area (Å²) in [5, 5.41) is 6.40. The van der Waals surface area contributed by atoms with Crippen LogP contribution in [-0.2, 0) is 14.8 Å². The molecule has 1 fully saturated rings.